The number of amides is 1. The minimum atomic E-state index is -0.0539. The van der Waals surface area contributed by atoms with E-state index in [0.29, 0.717) is 10.8 Å². The van der Waals surface area contributed by atoms with E-state index in [1.54, 1.807) is 16.2 Å². The van der Waals surface area contributed by atoms with E-state index in [4.69, 9.17) is 11.6 Å². The van der Waals surface area contributed by atoms with Crippen molar-refractivity contribution < 1.29 is 4.79 Å². The van der Waals surface area contributed by atoms with Crippen molar-refractivity contribution in [1.82, 2.24) is 9.88 Å². The minimum absolute atomic E-state index is 0.0539. The smallest absolute Gasteiger partial charge is 0.233 e. The number of carbonyl (C=O) groups excluding carboxylic acids is 1. The van der Waals surface area contributed by atoms with Crippen LogP contribution < -0.4 is 0 Å². The van der Waals surface area contributed by atoms with Gasteiger partial charge in [-0.3, -0.25) is 4.79 Å². The number of thiazole rings is 1. The third-order valence-electron chi connectivity index (χ3n) is 3.83. The third-order valence-corrected chi connectivity index (χ3v) is 6.54. The number of carbonyl (C=O) groups is 1. The van der Waals surface area contributed by atoms with Crippen LogP contribution >= 0.6 is 34.7 Å². The van der Waals surface area contributed by atoms with Crippen LogP contribution in [-0.2, 0) is 4.79 Å². The number of hydrogen-bond acceptors (Lipinski definition) is 4. The molecule has 1 amide bonds. The van der Waals surface area contributed by atoms with Crippen molar-refractivity contribution in [3.05, 3.63) is 58.6 Å². The molecule has 3 nitrogen and oxygen atoms in total. The molecule has 0 N–H and O–H groups in total. The van der Waals surface area contributed by atoms with Crippen LogP contribution in [0.2, 0.25) is 5.02 Å². The molecule has 2 aromatic carbocycles. The first-order chi connectivity index (χ1) is 11.6. The van der Waals surface area contributed by atoms with Crippen LogP contribution in [0.1, 0.15) is 18.0 Å². The molecule has 0 fully saturated rings. The van der Waals surface area contributed by atoms with Crippen LogP contribution in [0.15, 0.2) is 53.4 Å². The maximum atomic E-state index is 12.5. The Morgan fingerprint density at radius 1 is 1.25 bits per heavy atom. The average Bonchev–Trinajstić information content (AvgIpc) is 3.03. The van der Waals surface area contributed by atoms with Gasteiger partial charge in [-0.2, -0.15) is 0 Å². The lowest BCUT2D eigenvalue weighted by atomic mass is 10.3. The quantitative estimate of drug-likeness (QED) is 0.569. The number of halogens is 1. The van der Waals surface area contributed by atoms with E-state index in [2.05, 4.69) is 11.1 Å². The Morgan fingerprint density at radius 2 is 1.96 bits per heavy atom. The molecule has 0 saturated heterocycles. The molecule has 1 heterocycles. The Bertz CT molecular complexity index is 832. The topological polar surface area (TPSA) is 33.2 Å². The molecule has 1 atom stereocenters. The lowest BCUT2D eigenvalue weighted by Crippen LogP contribution is -2.31. The Hall–Kier alpha value is -1.56. The highest BCUT2D eigenvalue weighted by Crippen LogP contribution is 2.30. The van der Waals surface area contributed by atoms with Gasteiger partial charge in [0.1, 0.15) is 5.01 Å². The first-order valence-electron chi connectivity index (χ1n) is 7.54. The Labute approximate surface area is 154 Å². The number of hydrogen-bond donors (Lipinski definition) is 0. The largest absolute Gasteiger partial charge is 0.336 e. The first kappa shape index (κ1) is 17.3. The highest BCUT2D eigenvalue weighted by Gasteiger charge is 2.20. The third kappa shape index (κ3) is 3.74. The molecule has 0 radical (unpaired) electrons. The van der Waals surface area contributed by atoms with Crippen LogP contribution in [0.5, 0.6) is 0 Å². The van der Waals surface area contributed by atoms with Crippen LogP contribution in [-0.4, -0.2) is 28.6 Å². The summed E-state index contributed by atoms with van der Waals surface area (Å²) < 4.78 is 1.14. The molecule has 0 saturated carbocycles. The summed E-state index contributed by atoms with van der Waals surface area (Å²) in [6.45, 7) is 2.01. The highest BCUT2D eigenvalue weighted by molar-refractivity contribution is 8.00. The molecule has 0 aliphatic rings. The van der Waals surface area contributed by atoms with Crippen LogP contribution in [0, 0.1) is 0 Å². The normalized spacial score (nSPS) is 12.3. The fraction of sp³-hybridized carbons (Fsp3) is 0.222. The molecule has 0 spiro atoms. The van der Waals surface area contributed by atoms with Crippen molar-refractivity contribution in [2.75, 3.05) is 12.8 Å². The van der Waals surface area contributed by atoms with E-state index in [9.17, 15) is 4.79 Å². The Kier molecular flexibility index (Phi) is 5.43. The summed E-state index contributed by atoms with van der Waals surface area (Å²) in [4.78, 5) is 19.8. The lowest BCUT2D eigenvalue weighted by molar-refractivity contribution is -0.128. The van der Waals surface area contributed by atoms with Gasteiger partial charge in [0, 0.05) is 11.9 Å². The summed E-state index contributed by atoms with van der Waals surface area (Å²) in [5.41, 5.74) is 0.982. The van der Waals surface area contributed by atoms with Crippen LogP contribution in [0.3, 0.4) is 0 Å². The zero-order valence-electron chi connectivity index (χ0n) is 13.4. The van der Waals surface area contributed by atoms with Crippen molar-refractivity contribution in [2.45, 2.75) is 17.9 Å². The Balaban J connectivity index is 1.67. The van der Waals surface area contributed by atoms with Crippen molar-refractivity contribution in [1.29, 1.82) is 0 Å². The van der Waals surface area contributed by atoms with E-state index in [1.165, 1.54) is 11.8 Å². The predicted octanol–water partition coefficient (Wildman–Crippen LogP) is 5.26. The van der Waals surface area contributed by atoms with Gasteiger partial charge in [0.2, 0.25) is 5.91 Å². The van der Waals surface area contributed by atoms with E-state index >= 15 is 0 Å². The molecule has 24 heavy (non-hydrogen) atoms. The fourth-order valence-electron chi connectivity index (χ4n) is 2.25. The van der Waals surface area contributed by atoms with Gasteiger partial charge in [-0.1, -0.05) is 35.9 Å². The summed E-state index contributed by atoms with van der Waals surface area (Å²) in [5.74, 6) is 0.418. The monoisotopic (exact) mass is 376 g/mol. The molecular formula is C18H17ClN2OS2. The maximum Gasteiger partial charge on any atom is 0.233 e. The zero-order valence-corrected chi connectivity index (χ0v) is 15.8. The number of rotatable bonds is 5. The molecule has 3 aromatic rings. The summed E-state index contributed by atoms with van der Waals surface area (Å²) >= 11 is 9.23. The number of aromatic nitrogens is 1. The van der Waals surface area contributed by atoms with Crippen molar-refractivity contribution in [3.8, 4) is 0 Å². The molecule has 0 unspecified atom stereocenters. The SMILES string of the molecule is C[C@@H](c1nc2ccccc2s1)N(C)C(=O)CSc1ccccc1Cl. The number of thioether (sulfide) groups is 1. The molecule has 0 bridgehead atoms. The molecule has 0 aliphatic heterocycles. The summed E-state index contributed by atoms with van der Waals surface area (Å²) in [6.07, 6.45) is 0. The van der Waals surface area contributed by atoms with Gasteiger partial charge in [-0.05, 0) is 31.2 Å². The van der Waals surface area contributed by atoms with Crippen LogP contribution in [0.25, 0.3) is 10.2 Å². The Morgan fingerprint density at radius 3 is 2.71 bits per heavy atom. The van der Waals surface area contributed by atoms with Crippen molar-refractivity contribution in [3.63, 3.8) is 0 Å². The van der Waals surface area contributed by atoms with Gasteiger partial charge in [-0.15, -0.1) is 23.1 Å². The standard InChI is InChI=1S/C18H17ClN2OS2/c1-12(18-20-14-8-4-6-10-16(14)24-18)21(2)17(22)11-23-15-9-5-3-7-13(15)19/h3-10,12H,11H2,1-2H3/t12-/m0/s1. The van der Waals surface area contributed by atoms with E-state index in [-0.39, 0.29) is 11.9 Å². The average molecular weight is 377 g/mol. The fourth-order valence-corrected chi connectivity index (χ4v) is 4.48. The van der Waals surface area contributed by atoms with Crippen molar-refractivity contribution >= 4 is 50.8 Å². The van der Waals surface area contributed by atoms with E-state index in [0.717, 1.165) is 20.1 Å². The second kappa shape index (κ2) is 7.55. The van der Waals surface area contributed by atoms with Gasteiger partial charge < -0.3 is 4.90 Å². The van der Waals surface area contributed by atoms with Gasteiger partial charge in [0.15, 0.2) is 0 Å². The second-order valence-corrected chi connectivity index (χ2v) is 7.91. The first-order valence-corrected chi connectivity index (χ1v) is 9.72. The van der Waals surface area contributed by atoms with Gasteiger partial charge in [-0.25, -0.2) is 4.98 Å². The lowest BCUT2D eigenvalue weighted by Gasteiger charge is -2.23. The zero-order chi connectivity index (χ0) is 17.1. The molecule has 1 aromatic heterocycles. The summed E-state index contributed by atoms with van der Waals surface area (Å²) in [6, 6.07) is 15.5. The second-order valence-electron chi connectivity index (χ2n) is 5.42. The number of nitrogens with zero attached hydrogens (tertiary/aromatic N) is 2. The summed E-state index contributed by atoms with van der Waals surface area (Å²) in [5, 5.41) is 1.63. The number of fused-ring (bicyclic) bond motifs is 1. The molecule has 6 heteroatoms. The van der Waals surface area contributed by atoms with Gasteiger partial charge in [0.25, 0.3) is 0 Å². The minimum Gasteiger partial charge on any atom is -0.336 e. The molecule has 124 valence electrons. The predicted molar refractivity (Wildman–Crippen MR) is 103 cm³/mol. The number of benzene rings is 2. The van der Waals surface area contributed by atoms with Gasteiger partial charge >= 0.3 is 0 Å². The molecular weight excluding hydrogens is 360 g/mol. The molecule has 0 aliphatic carbocycles. The number of para-hydroxylation sites is 1. The van der Waals surface area contributed by atoms with Crippen LogP contribution in [0.4, 0.5) is 0 Å². The summed E-state index contributed by atoms with van der Waals surface area (Å²) in [7, 11) is 1.83. The maximum absolute atomic E-state index is 12.5. The van der Waals surface area contributed by atoms with E-state index < -0.39 is 0 Å². The van der Waals surface area contributed by atoms with E-state index in [1.807, 2.05) is 56.4 Å². The van der Waals surface area contributed by atoms with Crippen molar-refractivity contribution in [2.24, 2.45) is 0 Å². The highest BCUT2D eigenvalue weighted by atomic mass is 35.5. The van der Waals surface area contributed by atoms with Gasteiger partial charge in [0.05, 0.1) is 27.0 Å². The molecule has 3 rings (SSSR count).